The van der Waals surface area contributed by atoms with E-state index in [9.17, 15) is 30.6 Å². The number of fused-ring (bicyclic) bond motifs is 4. The molecule has 7 rings (SSSR count). The van der Waals surface area contributed by atoms with Crippen LogP contribution in [0.15, 0.2) is 65.7 Å². The minimum Gasteiger partial charge on any atom is -0.504 e. The first kappa shape index (κ1) is 36.6. The van der Waals surface area contributed by atoms with Crippen LogP contribution in [-0.4, -0.2) is 79.3 Å². The first-order valence-corrected chi connectivity index (χ1v) is 19.3. The van der Waals surface area contributed by atoms with Gasteiger partial charge in [-0.1, -0.05) is 42.4 Å². The number of ether oxygens (including phenoxy) is 1. The van der Waals surface area contributed by atoms with Crippen LogP contribution in [0.2, 0.25) is 0 Å². The minimum absolute atomic E-state index is 0.0251. The summed E-state index contributed by atoms with van der Waals surface area (Å²) in [6.07, 6.45) is 11.0. The van der Waals surface area contributed by atoms with Crippen LogP contribution >= 0.6 is 0 Å². The Morgan fingerprint density at radius 2 is 1.83 bits per heavy atom. The quantitative estimate of drug-likeness (QED) is 0.146. The lowest BCUT2D eigenvalue weighted by molar-refractivity contribution is -0.108. The number of aromatic nitrogens is 1. The third-order valence-corrected chi connectivity index (χ3v) is 12.4. The van der Waals surface area contributed by atoms with Gasteiger partial charge < -0.3 is 51.4 Å². The Labute approximate surface area is 306 Å². The Kier molecular flexibility index (Phi) is 11.3. The molecule has 1 aromatic heterocycles. The van der Waals surface area contributed by atoms with Crippen LogP contribution in [0.4, 0.5) is 0 Å². The SMILES string of the molecule is NC1=CC([C@H](Cc2ccc[nH]2)[C@H]2CC[C@@H](O)[C@H](O)[C@@H]2Oc2cc3c(cc2O)CCC2=C[C@H]4C#C[C@H](CCO)CCCC[C@H](O)[C@@H]4[C@H](O)C[C@@H]23)=CCN1. The second kappa shape index (κ2) is 16.1. The number of rotatable bonds is 8. The number of aromatic hydroxyl groups is 1. The Bertz CT molecular complexity index is 1710. The van der Waals surface area contributed by atoms with Crippen molar-refractivity contribution in [1.82, 2.24) is 10.3 Å². The van der Waals surface area contributed by atoms with E-state index in [1.807, 2.05) is 30.5 Å². The summed E-state index contributed by atoms with van der Waals surface area (Å²) in [5.41, 5.74) is 11.4. The number of nitrogens with one attached hydrogen (secondary N) is 2. The number of nitrogens with two attached hydrogens (primary N) is 1. The fourth-order valence-corrected chi connectivity index (χ4v) is 9.59. The summed E-state index contributed by atoms with van der Waals surface area (Å²) < 4.78 is 6.68. The summed E-state index contributed by atoms with van der Waals surface area (Å²) in [7, 11) is 0. The lowest BCUT2D eigenvalue weighted by Crippen LogP contribution is -2.52. The third-order valence-electron chi connectivity index (χ3n) is 12.4. The molecule has 1 saturated carbocycles. The molecule has 10 heteroatoms. The smallest absolute Gasteiger partial charge is 0.161 e. The molecule has 0 unspecified atom stereocenters. The fraction of sp³-hybridized carbons (Fsp3) is 0.571. The number of allylic oxidation sites excluding steroid dienone is 4. The molecule has 1 aromatic carbocycles. The van der Waals surface area contributed by atoms with Gasteiger partial charge in [0, 0.05) is 54.6 Å². The second-order valence-corrected chi connectivity index (χ2v) is 15.6. The van der Waals surface area contributed by atoms with Crippen molar-refractivity contribution in [3.8, 4) is 23.3 Å². The first-order chi connectivity index (χ1) is 25.2. The summed E-state index contributed by atoms with van der Waals surface area (Å²) in [6, 6.07) is 7.61. The highest BCUT2D eigenvalue weighted by atomic mass is 16.5. The molecule has 2 heterocycles. The second-order valence-electron chi connectivity index (χ2n) is 15.6. The Balaban J connectivity index is 1.22. The van der Waals surface area contributed by atoms with Crippen molar-refractivity contribution in [2.75, 3.05) is 13.2 Å². The zero-order valence-electron chi connectivity index (χ0n) is 29.8. The number of phenolic OH excluding ortho intramolecular Hbond substituents is 1. The highest BCUT2D eigenvalue weighted by Crippen LogP contribution is 2.49. The van der Waals surface area contributed by atoms with Crippen LogP contribution in [-0.2, 0) is 12.8 Å². The maximum absolute atomic E-state index is 11.8. The van der Waals surface area contributed by atoms with Crippen molar-refractivity contribution in [2.24, 2.45) is 35.3 Å². The van der Waals surface area contributed by atoms with Gasteiger partial charge in [-0.2, -0.15) is 0 Å². The average molecular weight is 714 g/mol. The van der Waals surface area contributed by atoms with Gasteiger partial charge in [0.25, 0.3) is 0 Å². The minimum atomic E-state index is -1.18. The molecular weight excluding hydrogens is 658 g/mol. The van der Waals surface area contributed by atoms with Crippen molar-refractivity contribution in [1.29, 1.82) is 0 Å². The number of hydrogen-bond donors (Lipinski definition) is 9. The van der Waals surface area contributed by atoms with Gasteiger partial charge in [0.2, 0.25) is 0 Å². The number of aliphatic hydroxyl groups excluding tert-OH is 5. The van der Waals surface area contributed by atoms with Crippen LogP contribution in [0.25, 0.3) is 0 Å². The lowest BCUT2D eigenvalue weighted by atomic mass is 9.70. The van der Waals surface area contributed by atoms with E-state index in [2.05, 4.69) is 34.3 Å². The fourth-order valence-electron chi connectivity index (χ4n) is 9.59. The molecular formula is C42H55N3O7. The van der Waals surface area contributed by atoms with Crippen LogP contribution in [0, 0.1) is 41.4 Å². The normalized spacial score (nSPS) is 33.9. The van der Waals surface area contributed by atoms with Gasteiger partial charge in [0.15, 0.2) is 11.5 Å². The number of aromatic amines is 1. The number of hydrogen-bond acceptors (Lipinski definition) is 9. The average Bonchev–Trinajstić information content (AvgIpc) is 3.59. The van der Waals surface area contributed by atoms with Gasteiger partial charge in [0.1, 0.15) is 12.2 Å². The number of aryl methyl sites for hydroxylation is 1. The van der Waals surface area contributed by atoms with Crippen LogP contribution < -0.4 is 15.8 Å². The van der Waals surface area contributed by atoms with Crippen LogP contribution in [0.1, 0.15) is 80.5 Å². The predicted molar refractivity (Wildman–Crippen MR) is 198 cm³/mol. The maximum Gasteiger partial charge on any atom is 0.161 e. The Morgan fingerprint density at radius 3 is 2.62 bits per heavy atom. The topological polar surface area (TPSA) is 184 Å². The van der Waals surface area contributed by atoms with Crippen molar-refractivity contribution < 1.29 is 35.4 Å². The van der Waals surface area contributed by atoms with Crippen molar-refractivity contribution in [3.05, 3.63) is 82.5 Å². The summed E-state index contributed by atoms with van der Waals surface area (Å²) in [4.78, 5) is 3.31. The van der Waals surface area contributed by atoms with E-state index < -0.39 is 36.4 Å². The molecule has 1 aliphatic heterocycles. The lowest BCUT2D eigenvalue weighted by Gasteiger charge is -2.43. The van der Waals surface area contributed by atoms with Crippen LogP contribution in [0.5, 0.6) is 11.5 Å². The number of benzene rings is 1. The molecule has 52 heavy (non-hydrogen) atoms. The first-order valence-electron chi connectivity index (χ1n) is 19.3. The molecule has 0 bridgehead atoms. The van der Waals surface area contributed by atoms with Crippen molar-refractivity contribution in [2.45, 2.75) is 107 Å². The van der Waals surface area contributed by atoms with Gasteiger partial charge in [-0.15, -0.1) is 0 Å². The molecule has 1 fully saturated rings. The highest BCUT2D eigenvalue weighted by Gasteiger charge is 2.45. The molecule has 280 valence electrons. The highest BCUT2D eigenvalue weighted by molar-refractivity contribution is 5.52. The molecule has 5 aliphatic rings. The van der Waals surface area contributed by atoms with Crippen molar-refractivity contribution in [3.63, 3.8) is 0 Å². The standard InChI is InChI=1S/C42H55N3O7/c43-39-20-27(13-16-45-39)31(21-29-5-3-15-44-29)30-11-12-35(48)41(51)42(30)52-38-23-33-26(19-36(38)49)10-9-25-18-28-8-7-24(14-17-46)4-1-2-6-34(47)40(28)37(50)22-32(25)33/h3,5,13,15,18-20,23-24,28,30-32,34-35,37,40-42,44-51H,1-2,4,6,9-12,14,16-17,21-22,43H2/t24-,28-,30-,31+,32+,34+,35-,37-,40-,41+,42-/m1/s1. The van der Waals surface area contributed by atoms with E-state index in [0.29, 0.717) is 57.3 Å². The van der Waals surface area contributed by atoms with Gasteiger partial charge in [0.05, 0.1) is 24.1 Å². The molecule has 0 amide bonds. The summed E-state index contributed by atoms with van der Waals surface area (Å²) in [5, 5.41) is 69.8. The van der Waals surface area contributed by atoms with E-state index in [-0.39, 0.29) is 47.7 Å². The number of H-pyrrole nitrogens is 1. The summed E-state index contributed by atoms with van der Waals surface area (Å²) >= 11 is 0. The number of aliphatic hydroxyl groups is 5. The predicted octanol–water partition coefficient (Wildman–Crippen LogP) is 3.68. The largest absolute Gasteiger partial charge is 0.504 e. The van der Waals surface area contributed by atoms with Gasteiger partial charge in [-0.05, 0) is 111 Å². The monoisotopic (exact) mass is 713 g/mol. The Morgan fingerprint density at radius 1 is 0.981 bits per heavy atom. The Hall–Kier alpha value is -3.72. The number of phenols is 1. The van der Waals surface area contributed by atoms with E-state index in [1.54, 1.807) is 6.07 Å². The van der Waals surface area contributed by atoms with Gasteiger partial charge >= 0.3 is 0 Å². The van der Waals surface area contributed by atoms with Crippen LogP contribution in [0.3, 0.4) is 0 Å². The molecule has 4 aliphatic carbocycles. The maximum atomic E-state index is 11.8. The molecule has 0 saturated heterocycles. The van der Waals surface area contributed by atoms with Gasteiger partial charge in [-0.3, -0.25) is 0 Å². The van der Waals surface area contributed by atoms with E-state index in [1.165, 1.54) is 0 Å². The number of dihydropyridines is 1. The summed E-state index contributed by atoms with van der Waals surface area (Å²) in [6.45, 7) is 0.673. The van der Waals surface area contributed by atoms with E-state index >= 15 is 0 Å². The molecule has 0 spiro atoms. The van der Waals surface area contributed by atoms with Crippen molar-refractivity contribution >= 4 is 0 Å². The third kappa shape index (κ3) is 7.80. The molecule has 11 atom stereocenters. The molecule has 2 aromatic rings. The summed E-state index contributed by atoms with van der Waals surface area (Å²) in [5.74, 6) is 6.50. The zero-order valence-corrected chi connectivity index (χ0v) is 29.8. The van der Waals surface area contributed by atoms with E-state index in [4.69, 9.17) is 10.5 Å². The molecule has 10 nitrogen and oxygen atoms in total. The molecule has 0 radical (unpaired) electrons. The van der Waals surface area contributed by atoms with Gasteiger partial charge in [-0.25, -0.2) is 0 Å². The molecule has 10 N–H and O–H groups in total. The van der Waals surface area contributed by atoms with E-state index in [0.717, 1.165) is 53.7 Å². The zero-order chi connectivity index (χ0) is 36.4.